The molecule has 1 aliphatic carbocycles. The number of ether oxygens (including phenoxy) is 4. The highest BCUT2D eigenvalue weighted by Crippen LogP contribution is 2.39. The van der Waals surface area contributed by atoms with Crippen LogP contribution in [0.2, 0.25) is 0 Å². The lowest BCUT2D eigenvalue weighted by Crippen LogP contribution is -2.43. The molecule has 0 aromatic rings. The lowest BCUT2D eigenvalue weighted by atomic mass is 9.69. The molecule has 0 N–H and O–H groups in total. The summed E-state index contributed by atoms with van der Waals surface area (Å²) in [5, 5.41) is 0. The van der Waals surface area contributed by atoms with E-state index >= 15 is 0 Å². The van der Waals surface area contributed by atoms with Gasteiger partial charge in [-0.05, 0) is 38.0 Å². The Labute approximate surface area is 160 Å². The summed E-state index contributed by atoms with van der Waals surface area (Å²) in [5.74, 6) is 1.17. The van der Waals surface area contributed by atoms with E-state index in [2.05, 4.69) is 27.7 Å². The van der Waals surface area contributed by atoms with Crippen LogP contribution in [0.3, 0.4) is 0 Å². The number of methoxy groups -OCH3 is 2. The van der Waals surface area contributed by atoms with E-state index in [1.54, 1.807) is 14.2 Å². The van der Waals surface area contributed by atoms with Gasteiger partial charge in [0.25, 0.3) is 0 Å². The maximum Gasteiger partial charge on any atom is 0.312 e. The van der Waals surface area contributed by atoms with Crippen LogP contribution in [0.15, 0.2) is 0 Å². The lowest BCUT2D eigenvalue weighted by molar-refractivity contribution is -0.164. The standard InChI is InChI=1S/C21H40O5/c1-15-11-16(13-23-7)18(17(12-15)14-24-8)25-9-10-26-19(22)21(5,6)20(2,3)4/h15-18H,9-14H2,1-8H3/t15?,16-,17?,18?/m0/s1. The zero-order valence-electron chi connectivity index (χ0n) is 18.1. The van der Waals surface area contributed by atoms with Crippen molar-refractivity contribution in [2.24, 2.45) is 28.6 Å². The van der Waals surface area contributed by atoms with Crippen molar-refractivity contribution in [3.8, 4) is 0 Å². The normalized spacial score (nSPS) is 27.4. The van der Waals surface area contributed by atoms with Gasteiger partial charge in [-0.25, -0.2) is 0 Å². The number of hydrogen-bond acceptors (Lipinski definition) is 5. The minimum atomic E-state index is -0.537. The molecule has 1 saturated carbocycles. The highest BCUT2D eigenvalue weighted by Gasteiger charge is 2.41. The first-order valence-electron chi connectivity index (χ1n) is 9.81. The maximum absolute atomic E-state index is 12.4. The van der Waals surface area contributed by atoms with Crippen LogP contribution in [0.1, 0.15) is 54.4 Å². The van der Waals surface area contributed by atoms with Gasteiger partial charge in [0, 0.05) is 26.1 Å². The Hall–Kier alpha value is -0.650. The number of rotatable bonds is 9. The number of hydrogen-bond donors (Lipinski definition) is 0. The van der Waals surface area contributed by atoms with Crippen molar-refractivity contribution in [1.82, 2.24) is 0 Å². The summed E-state index contributed by atoms with van der Waals surface area (Å²) in [6.07, 6.45) is 2.27. The molecule has 0 amide bonds. The van der Waals surface area contributed by atoms with Crippen LogP contribution in [0.4, 0.5) is 0 Å². The van der Waals surface area contributed by atoms with Gasteiger partial charge in [-0.3, -0.25) is 4.79 Å². The van der Waals surface area contributed by atoms with Gasteiger partial charge in [-0.2, -0.15) is 0 Å². The molecule has 1 aliphatic rings. The van der Waals surface area contributed by atoms with Gasteiger partial charge in [-0.15, -0.1) is 0 Å². The second-order valence-corrected chi connectivity index (χ2v) is 9.35. The molecular formula is C21H40O5. The third-order valence-electron chi connectivity index (χ3n) is 6.11. The molecule has 0 aromatic carbocycles. The highest BCUT2D eigenvalue weighted by molar-refractivity contribution is 5.76. The first-order valence-corrected chi connectivity index (χ1v) is 9.81. The Morgan fingerprint density at radius 2 is 1.42 bits per heavy atom. The summed E-state index contributed by atoms with van der Waals surface area (Å²) in [6, 6.07) is 0. The van der Waals surface area contributed by atoms with E-state index in [9.17, 15) is 4.79 Å². The third-order valence-corrected chi connectivity index (χ3v) is 6.11. The fourth-order valence-electron chi connectivity index (χ4n) is 3.61. The first kappa shape index (κ1) is 23.4. The molecule has 154 valence electrons. The summed E-state index contributed by atoms with van der Waals surface area (Å²) >= 11 is 0. The SMILES string of the molecule is COCC1CC(C)C[C@@H](COC)C1OCCOC(=O)C(C)(C)C(C)(C)C. The summed E-state index contributed by atoms with van der Waals surface area (Å²) in [4.78, 5) is 12.4. The van der Waals surface area contributed by atoms with Gasteiger partial charge in [0.15, 0.2) is 0 Å². The summed E-state index contributed by atoms with van der Waals surface area (Å²) in [5.41, 5.74) is -0.692. The van der Waals surface area contributed by atoms with Crippen molar-refractivity contribution < 1.29 is 23.7 Å². The Morgan fingerprint density at radius 1 is 0.923 bits per heavy atom. The quantitative estimate of drug-likeness (QED) is 0.453. The molecule has 4 atom stereocenters. The van der Waals surface area contributed by atoms with Gasteiger partial charge in [-0.1, -0.05) is 27.7 Å². The Morgan fingerprint density at radius 3 is 1.85 bits per heavy atom. The molecule has 5 heteroatoms. The van der Waals surface area contributed by atoms with Crippen LogP contribution in [0.25, 0.3) is 0 Å². The average molecular weight is 373 g/mol. The monoisotopic (exact) mass is 372 g/mol. The predicted molar refractivity (Wildman–Crippen MR) is 103 cm³/mol. The molecule has 3 unspecified atom stereocenters. The molecule has 0 spiro atoms. The van der Waals surface area contributed by atoms with Gasteiger partial charge in [0.05, 0.1) is 31.3 Å². The number of esters is 1. The zero-order valence-corrected chi connectivity index (χ0v) is 18.1. The third kappa shape index (κ3) is 6.21. The number of carbonyl (C=O) groups excluding carboxylic acids is 1. The van der Waals surface area contributed by atoms with Crippen LogP contribution in [0, 0.1) is 28.6 Å². The molecular weight excluding hydrogens is 332 g/mol. The van der Waals surface area contributed by atoms with Crippen molar-refractivity contribution in [1.29, 1.82) is 0 Å². The van der Waals surface area contributed by atoms with E-state index in [0.29, 0.717) is 37.6 Å². The van der Waals surface area contributed by atoms with Crippen molar-refractivity contribution in [3.05, 3.63) is 0 Å². The summed E-state index contributed by atoms with van der Waals surface area (Å²) in [7, 11) is 3.47. The van der Waals surface area contributed by atoms with Crippen molar-refractivity contribution in [2.45, 2.75) is 60.5 Å². The van der Waals surface area contributed by atoms with Crippen LogP contribution in [0.5, 0.6) is 0 Å². The van der Waals surface area contributed by atoms with Crippen molar-refractivity contribution >= 4 is 5.97 Å². The second kappa shape index (κ2) is 10.0. The summed E-state index contributed by atoms with van der Waals surface area (Å²) in [6.45, 7) is 14.4. The minimum absolute atomic E-state index is 0.0837. The van der Waals surface area contributed by atoms with Crippen LogP contribution >= 0.6 is 0 Å². The van der Waals surface area contributed by atoms with Gasteiger partial charge >= 0.3 is 5.97 Å². The molecule has 0 heterocycles. The van der Waals surface area contributed by atoms with Crippen LogP contribution in [-0.2, 0) is 23.7 Å². The predicted octanol–water partition coefficient (Wildman–Crippen LogP) is 3.94. The highest BCUT2D eigenvalue weighted by atomic mass is 16.6. The maximum atomic E-state index is 12.4. The molecule has 0 bridgehead atoms. The lowest BCUT2D eigenvalue weighted by Gasteiger charge is -2.40. The first-order chi connectivity index (χ1) is 12.0. The van der Waals surface area contributed by atoms with E-state index < -0.39 is 5.41 Å². The van der Waals surface area contributed by atoms with Gasteiger partial charge in [0.1, 0.15) is 6.61 Å². The van der Waals surface area contributed by atoms with Crippen LogP contribution < -0.4 is 0 Å². The zero-order chi connectivity index (χ0) is 20.0. The van der Waals surface area contributed by atoms with Gasteiger partial charge in [0.2, 0.25) is 0 Å². The van der Waals surface area contributed by atoms with Gasteiger partial charge < -0.3 is 18.9 Å². The molecule has 0 aliphatic heterocycles. The Bertz CT molecular complexity index is 411. The molecule has 5 nitrogen and oxygen atoms in total. The molecule has 0 radical (unpaired) electrons. The Balaban J connectivity index is 2.58. The number of carbonyl (C=O) groups is 1. The minimum Gasteiger partial charge on any atom is -0.463 e. The van der Waals surface area contributed by atoms with E-state index in [4.69, 9.17) is 18.9 Å². The Kier molecular flexibility index (Phi) is 9.04. The van der Waals surface area contributed by atoms with E-state index in [1.807, 2.05) is 13.8 Å². The molecule has 1 rings (SSSR count). The fraction of sp³-hybridized carbons (Fsp3) is 0.952. The largest absolute Gasteiger partial charge is 0.463 e. The van der Waals surface area contributed by atoms with E-state index in [-0.39, 0.29) is 24.1 Å². The van der Waals surface area contributed by atoms with E-state index in [1.165, 1.54) is 0 Å². The summed E-state index contributed by atoms with van der Waals surface area (Å²) < 4.78 is 22.5. The average Bonchev–Trinajstić information content (AvgIpc) is 2.52. The van der Waals surface area contributed by atoms with Crippen molar-refractivity contribution in [2.75, 3.05) is 40.6 Å². The molecule has 0 saturated heterocycles. The smallest absolute Gasteiger partial charge is 0.312 e. The van der Waals surface area contributed by atoms with E-state index in [0.717, 1.165) is 12.8 Å². The molecule has 26 heavy (non-hydrogen) atoms. The van der Waals surface area contributed by atoms with Crippen molar-refractivity contribution in [3.63, 3.8) is 0 Å². The topological polar surface area (TPSA) is 54.0 Å². The molecule has 0 aromatic heterocycles. The fourth-order valence-corrected chi connectivity index (χ4v) is 3.61. The molecule has 1 fully saturated rings. The second-order valence-electron chi connectivity index (χ2n) is 9.35. The van der Waals surface area contributed by atoms with Crippen LogP contribution in [-0.4, -0.2) is 52.7 Å².